The summed E-state index contributed by atoms with van der Waals surface area (Å²) < 4.78 is 10.3. The molecule has 0 saturated heterocycles. The number of ether oxygens (including phenoxy) is 1. The van der Waals surface area contributed by atoms with Gasteiger partial charge in [-0.15, -0.1) is 0 Å². The lowest BCUT2D eigenvalue weighted by atomic mass is 10.1. The van der Waals surface area contributed by atoms with Crippen molar-refractivity contribution in [3.8, 4) is 0 Å². The van der Waals surface area contributed by atoms with Crippen molar-refractivity contribution in [3.05, 3.63) is 17.0 Å². The second kappa shape index (κ2) is 5.82. The minimum Gasteiger partial charge on any atom is -0.369 e. The Hall–Kier alpha value is -1.36. The Morgan fingerprint density at radius 3 is 2.53 bits per heavy atom. The molecular weight excluding hydrogens is 220 g/mol. The number of hydrogen-bond acceptors (Lipinski definition) is 4. The molecule has 1 aromatic rings. The maximum absolute atomic E-state index is 11.6. The zero-order valence-electron chi connectivity index (χ0n) is 11.0. The molecule has 0 bridgehead atoms. The van der Waals surface area contributed by atoms with Crippen LogP contribution in [-0.4, -0.2) is 23.8 Å². The van der Waals surface area contributed by atoms with Crippen LogP contribution in [0.2, 0.25) is 0 Å². The molecule has 1 amide bonds. The van der Waals surface area contributed by atoms with Gasteiger partial charge in [0.1, 0.15) is 12.4 Å². The van der Waals surface area contributed by atoms with Crippen molar-refractivity contribution in [2.75, 3.05) is 6.61 Å². The first-order valence-corrected chi connectivity index (χ1v) is 5.75. The molecule has 0 aliphatic rings. The molecule has 0 saturated carbocycles. The average molecular weight is 240 g/mol. The smallest absolute Gasteiger partial charge is 0.246 e. The van der Waals surface area contributed by atoms with E-state index in [4.69, 9.17) is 9.26 Å². The van der Waals surface area contributed by atoms with E-state index in [0.29, 0.717) is 0 Å². The van der Waals surface area contributed by atoms with Gasteiger partial charge < -0.3 is 14.6 Å². The van der Waals surface area contributed by atoms with E-state index in [1.807, 2.05) is 34.6 Å². The number of aryl methyl sites for hydroxylation is 2. The third-order valence-electron chi connectivity index (χ3n) is 2.45. The lowest BCUT2D eigenvalue weighted by Gasteiger charge is -2.14. The molecule has 5 heteroatoms. The first kappa shape index (κ1) is 13.7. The summed E-state index contributed by atoms with van der Waals surface area (Å²) in [6, 6.07) is -0.121. The fraction of sp³-hybridized carbons (Fsp3) is 0.667. The van der Waals surface area contributed by atoms with Crippen LogP contribution in [0, 0.1) is 13.8 Å². The summed E-state index contributed by atoms with van der Waals surface area (Å²) >= 11 is 0. The van der Waals surface area contributed by atoms with Crippen molar-refractivity contribution in [1.29, 1.82) is 0 Å². The van der Waals surface area contributed by atoms with Crippen LogP contribution >= 0.6 is 0 Å². The van der Waals surface area contributed by atoms with E-state index in [2.05, 4.69) is 10.5 Å². The summed E-state index contributed by atoms with van der Waals surface area (Å²) in [5.41, 5.74) is 1.74. The van der Waals surface area contributed by atoms with Crippen molar-refractivity contribution in [1.82, 2.24) is 10.5 Å². The Kier molecular flexibility index (Phi) is 4.69. The minimum absolute atomic E-state index is 0.0510. The van der Waals surface area contributed by atoms with E-state index in [9.17, 15) is 4.79 Å². The van der Waals surface area contributed by atoms with Crippen LogP contribution in [0.3, 0.4) is 0 Å². The number of nitrogens with zero attached hydrogens (tertiary/aromatic N) is 1. The van der Waals surface area contributed by atoms with Gasteiger partial charge in [-0.25, -0.2) is 0 Å². The Morgan fingerprint density at radius 2 is 2.06 bits per heavy atom. The van der Waals surface area contributed by atoms with Crippen molar-refractivity contribution in [2.24, 2.45) is 0 Å². The van der Waals surface area contributed by atoms with Crippen molar-refractivity contribution in [2.45, 2.75) is 46.8 Å². The maximum Gasteiger partial charge on any atom is 0.246 e. The lowest BCUT2D eigenvalue weighted by molar-refractivity contribution is -0.127. The quantitative estimate of drug-likeness (QED) is 0.853. The third kappa shape index (κ3) is 3.85. The molecule has 1 rings (SSSR count). The van der Waals surface area contributed by atoms with E-state index < -0.39 is 0 Å². The van der Waals surface area contributed by atoms with Crippen LogP contribution in [0.25, 0.3) is 0 Å². The molecule has 5 nitrogen and oxygen atoms in total. The number of amides is 1. The molecule has 0 aliphatic heterocycles. The Bertz CT molecular complexity index is 366. The summed E-state index contributed by atoms with van der Waals surface area (Å²) in [6.45, 7) is 9.46. The number of hydrogen-bond donors (Lipinski definition) is 1. The Labute approximate surface area is 102 Å². The molecule has 1 aromatic heterocycles. The maximum atomic E-state index is 11.6. The van der Waals surface area contributed by atoms with Crippen LogP contribution in [0.4, 0.5) is 0 Å². The largest absolute Gasteiger partial charge is 0.369 e. The van der Waals surface area contributed by atoms with Crippen LogP contribution in [0.5, 0.6) is 0 Å². The highest BCUT2D eigenvalue weighted by Crippen LogP contribution is 2.20. The van der Waals surface area contributed by atoms with E-state index in [1.54, 1.807) is 0 Å². The van der Waals surface area contributed by atoms with Gasteiger partial charge in [0.05, 0.1) is 17.8 Å². The van der Waals surface area contributed by atoms with Crippen LogP contribution in [-0.2, 0) is 9.53 Å². The van der Waals surface area contributed by atoms with E-state index in [1.165, 1.54) is 0 Å². The van der Waals surface area contributed by atoms with Gasteiger partial charge >= 0.3 is 0 Å². The molecule has 1 atom stereocenters. The van der Waals surface area contributed by atoms with Crippen molar-refractivity contribution >= 4 is 5.91 Å². The third-order valence-corrected chi connectivity index (χ3v) is 2.45. The van der Waals surface area contributed by atoms with Gasteiger partial charge in [0.2, 0.25) is 5.91 Å². The fourth-order valence-electron chi connectivity index (χ4n) is 1.71. The van der Waals surface area contributed by atoms with Crippen molar-refractivity contribution in [3.63, 3.8) is 0 Å². The zero-order valence-corrected chi connectivity index (χ0v) is 11.0. The van der Waals surface area contributed by atoms with E-state index in [0.717, 1.165) is 17.0 Å². The highest BCUT2D eigenvalue weighted by molar-refractivity contribution is 5.77. The van der Waals surface area contributed by atoms with E-state index in [-0.39, 0.29) is 24.7 Å². The SMILES string of the molecule is Cc1noc(C)c1C(C)NC(=O)COC(C)C. The molecule has 0 spiro atoms. The number of nitrogens with one attached hydrogen (secondary N) is 1. The highest BCUT2D eigenvalue weighted by Gasteiger charge is 2.18. The predicted octanol–water partition coefficient (Wildman–Crippen LogP) is 1.89. The Balaban J connectivity index is 2.55. The minimum atomic E-state index is -0.133. The number of carbonyl (C=O) groups is 1. The summed E-state index contributed by atoms with van der Waals surface area (Å²) in [5.74, 6) is 0.603. The van der Waals surface area contributed by atoms with Crippen molar-refractivity contribution < 1.29 is 14.1 Å². The molecule has 1 heterocycles. The normalized spacial score (nSPS) is 12.8. The molecule has 0 fully saturated rings. The standard InChI is InChI=1S/C12H20N2O3/c1-7(2)16-6-11(15)13-8(3)12-9(4)14-17-10(12)5/h7-8H,6H2,1-5H3,(H,13,15). The summed E-state index contributed by atoms with van der Waals surface area (Å²) in [5, 5.41) is 6.72. The second-order valence-corrected chi connectivity index (χ2v) is 4.39. The summed E-state index contributed by atoms with van der Waals surface area (Å²) in [4.78, 5) is 11.6. The molecule has 1 N–H and O–H groups in total. The molecule has 0 aromatic carbocycles. The molecular formula is C12H20N2O3. The molecule has 0 radical (unpaired) electrons. The monoisotopic (exact) mass is 240 g/mol. The lowest BCUT2D eigenvalue weighted by Crippen LogP contribution is -2.31. The first-order chi connectivity index (χ1) is 7.91. The highest BCUT2D eigenvalue weighted by atomic mass is 16.5. The van der Waals surface area contributed by atoms with Gasteiger partial charge in [0.25, 0.3) is 0 Å². The van der Waals surface area contributed by atoms with Gasteiger partial charge in [-0.3, -0.25) is 4.79 Å². The van der Waals surface area contributed by atoms with Gasteiger partial charge in [-0.1, -0.05) is 5.16 Å². The van der Waals surface area contributed by atoms with Gasteiger partial charge in [0.15, 0.2) is 0 Å². The van der Waals surface area contributed by atoms with E-state index >= 15 is 0 Å². The predicted molar refractivity (Wildman–Crippen MR) is 63.6 cm³/mol. The number of aromatic nitrogens is 1. The number of rotatable bonds is 5. The molecule has 1 unspecified atom stereocenters. The van der Waals surface area contributed by atoms with Gasteiger partial charge in [-0.05, 0) is 34.6 Å². The van der Waals surface area contributed by atoms with Gasteiger partial charge in [-0.2, -0.15) is 0 Å². The summed E-state index contributed by atoms with van der Waals surface area (Å²) in [7, 11) is 0. The van der Waals surface area contributed by atoms with Gasteiger partial charge in [0, 0.05) is 5.56 Å². The van der Waals surface area contributed by atoms with Crippen LogP contribution in [0.15, 0.2) is 4.52 Å². The molecule has 96 valence electrons. The average Bonchev–Trinajstić information content (AvgIpc) is 2.55. The van der Waals surface area contributed by atoms with Crippen LogP contribution in [0.1, 0.15) is 43.8 Å². The zero-order chi connectivity index (χ0) is 13.0. The van der Waals surface area contributed by atoms with Crippen LogP contribution < -0.4 is 5.32 Å². The first-order valence-electron chi connectivity index (χ1n) is 5.75. The summed E-state index contributed by atoms with van der Waals surface area (Å²) in [6.07, 6.45) is 0.0510. The second-order valence-electron chi connectivity index (χ2n) is 4.39. The number of carbonyl (C=O) groups excluding carboxylic acids is 1. The molecule has 0 aliphatic carbocycles. The molecule has 17 heavy (non-hydrogen) atoms. The Morgan fingerprint density at radius 1 is 1.41 bits per heavy atom. The fourth-order valence-corrected chi connectivity index (χ4v) is 1.71. The topological polar surface area (TPSA) is 64.4 Å².